The van der Waals surface area contributed by atoms with Crippen molar-refractivity contribution in [2.45, 2.75) is 25.8 Å². The lowest BCUT2D eigenvalue weighted by molar-refractivity contribution is 0.386. The van der Waals surface area contributed by atoms with Crippen LogP contribution in [-0.4, -0.2) is 30.7 Å². The summed E-state index contributed by atoms with van der Waals surface area (Å²) in [6.07, 6.45) is 2.54. The first kappa shape index (κ1) is 25.6. The highest BCUT2D eigenvalue weighted by Gasteiger charge is 2.26. The summed E-state index contributed by atoms with van der Waals surface area (Å²) >= 11 is 12.0. The van der Waals surface area contributed by atoms with Gasteiger partial charge in [-0.15, -0.1) is 0 Å². The first-order valence-corrected chi connectivity index (χ1v) is 12.9. The molecule has 0 aliphatic carbocycles. The minimum absolute atomic E-state index is 0.0248. The van der Waals surface area contributed by atoms with Crippen molar-refractivity contribution in [3.8, 4) is 11.8 Å². The SMILES string of the molecule is CC(C)(c1ccc(NCc2ccnc(NS(C)(=O)=O)n2)cc1)c1cc(Cl)c(OCCl)c(C#N)c1. The van der Waals surface area contributed by atoms with Gasteiger partial charge in [-0.3, -0.25) is 4.72 Å². The zero-order chi connectivity index (χ0) is 24.9. The van der Waals surface area contributed by atoms with E-state index < -0.39 is 15.4 Å². The maximum absolute atomic E-state index is 11.4. The summed E-state index contributed by atoms with van der Waals surface area (Å²) in [5.41, 5.74) is 3.26. The fraction of sp³-hybridized carbons (Fsp3) is 0.261. The summed E-state index contributed by atoms with van der Waals surface area (Å²) in [4.78, 5) is 8.10. The summed E-state index contributed by atoms with van der Waals surface area (Å²) in [5.74, 6) is 0.301. The van der Waals surface area contributed by atoms with Crippen LogP contribution in [0.1, 0.15) is 36.2 Å². The van der Waals surface area contributed by atoms with Crippen molar-refractivity contribution in [1.82, 2.24) is 9.97 Å². The van der Waals surface area contributed by atoms with Gasteiger partial charge in [-0.25, -0.2) is 18.4 Å². The highest BCUT2D eigenvalue weighted by molar-refractivity contribution is 7.91. The number of rotatable bonds is 9. The molecular weight excluding hydrogens is 497 g/mol. The average Bonchev–Trinajstić information content (AvgIpc) is 2.78. The number of benzene rings is 2. The Hall–Kier alpha value is -3.06. The minimum Gasteiger partial charge on any atom is -0.475 e. The molecule has 34 heavy (non-hydrogen) atoms. The van der Waals surface area contributed by atoms with E-state index in [2.05, 4.69) is 26.1 Å². The fourth-order valence-corrected chi connectivity index (χ4v) is 4.13. The molecule has 0 saturated heterocycles. The van der Waals surface area contributed by atoms with Crippen molar-refractivity contribution in [3.63, 3.8) is 0 Å². The van der Waals surface area contributed by atoms with E-state index >= 15 is 0 Å². The second-order valence-electron chi connectivity index (χ2n) is 8.00. The Morgan fingerprint density at radius 3 is 2.47 bits per heavy atom. The van der Waals surface area contributed by atoms with E-state index in [1.807, 2.05) is 38.1 Å². The van der Waals surface area contributed by atoms with E-state index in [4.69, 9.17) is 27.9 Å². The van der Waals surface area contributed by atoms with Crippen molar-refractivity contribution in [2.24, 2.45) is 0 Å². The van der Waals surface area contributed by atoms with E-state index in [1.54, 1.807) is 18.2 Å². The smallest absolute Gasteiger partial charge is 0.236 e. The number of halogens is 2. The standard InChI is InChI=1S/C23H23Cl2N5O3S/c1-23(2,17-10-15(12-26)21(33-14-24)20(25)11-17)16-4-6-18(7-5-16)28-13-19-8-9-27-22(29-19)30-34(3,31)32/h4-11,28H,13-14H2,1-3H3,(H,27,29,30). The van der Waals surface area contributed by atoms with Crippen molar-refractivity contribution in [2.75, 3.05) is 22.4 Å². The summed E-state index contributed by atoms with van der Waals surface area (Å²) < 4.78 is 30.3. The van der Waals surface area contributed by atoms with E-state index in [9.17, 15) is 13.7 Å². The average molecular weight is 520 g/mol. The maximum atomic E-state index is 11.4. The van der Waals surface area contributed by atoms with Gasteiger partial charge in [0.2, 0.25) is 16.0 Å². The topological polar surface area (TPSA) is 117 Å². The van der Waals surface area contributed by atoms with Gasteiger partial charge in [0, 0.05) is 17.3 Å². The summed E-state index contributed by atoms with van der Waals surface area (Å²) in [5, 5.41) is 13.1. The van der Waals surface area contributed by atoms with Crippen LogP contribution in [0.25, 0.3) is 0 Å². The maximum Gasteiger partial charge on any atom is 0.236 e. The van der Waals surface area contributed by atoms with E-state index in [1.165, 1.54) is 6.20 Å². The van der Waals surface area contributed by atoms with Gasteiger partial charge in [0.05, 0.1) is 29.1 Å². The van der Waals surface area contributed by atoms with Gasteiger partial charge >= 0.3 is 0 Å². The van der Waals surface area contributed by atoms with Crippen molar-refractivity contribution in [3.05, 3.63) is 76.1 Å². The molecule has 2 N–H and O–H groups in total. The molecule has 0 spiro atoms. The molecule has 0 amide bonds. The molecule has 0 fully saturated rings. The van der Waals surface area contributed by atoms with Crippen LogP contribution in [0, 0.1) is 11.3 Å². The second-order valence-corrected chi connectivity index (χ2v) is 10.4. The molecular formula is C23H23Cl2N5O3S. The number of sulfonamides is 1. The highest BCUT2D eigenvalue weighted by atomic mass is 35.5. The van der Waals surface area contributed by atoms with Gasteiger partial charge < -0.3 is 10.1 Å². The van der Waals surface area contributed by atoms with Crippen molar-refractivity contribution < 1.29 is 13.2 Å². The molecule has 0 radical (unpaired) electrons. The number of ether oxygens (including phenoxy) is 1. The minimum atomic E-state index is -3.45. The molecule has 0 bridgehead atoms. The van der Waals surface area contributed by atoms with Gasteiger partial charge in [0.15, 0.2) is 11.8 Å². The monoisotopic (exact) mass is 519 g/mol. The van der Waals surface area contributed by atoms with E-state index in [-0.39, 0.29) is 17.8 Å². The molecule has 0 aliphatic heterocycles. The van der Waals surface area contributed by atoms with E-state index in [0.29, 0.717) is 22.8 Å². The lowest BCUT2D eigenvalue weighted by Gasteiger charge is -2.27. The molecule has 1 aromatic heterocycles. The molecule has 178 valence electrons. The largest absolute Gasteiger partial charge is 0.475 e. The molecule has 0 atom stereocenters. The molecule has 2 aromatic carbocycles. The number of nitriles is 1. The van der Waals surface area contributed by atoms with Gasteiger partial charge in [0.25, 0.3) is 0 Å². The van der Waals surface area contributed by atoms with Gasteiger partial charge in [-0.2, -0.15) is 5.26 Å². The number of hydrogen-bond acceptors (Lipinski definition) is 7. The predicted molar refractivity (Wildman–Crippen MR) is 134 cm³/mol. The Labute approximate surface area is 209 Å². The lowest BCUT2D eigenvalue weighted by Crippen LogP contribution is -2.19. The Morgan fingerprint density at radius 1 is 1.15 bits per heavy atom. The van der Waals surface area contributed by atoms with Crippen LogP contribution in [-0.2, 0) is 22.0 Å². The third-order valence-electron chi connectivity index (χ3n) is 5.15. The molecule has 0 aliphatic rings. The van der Waals surface area contributed by atoms with Gasteiger partial charge in [-0.1, -0.05) is 49.2 Å². The first-order chi connectivity index (χ1) is 16.0. The summed E-state index contributed by atoms with van der Waals surface area (Å²) in [6.45, 7) is 4.47. The first-order valence-electron chi connectivity index (χ1n) is 10.1. The predicted octanol–water partition coefficient (Wildman–Crippen LogP) is 4.89. The summed E-state index contributed by atoms with van der Waals surface area (Å²) in [6, 6.07) is 15.1. The molecule has 8 nitrogen and oxygen atoms in total. The molecule has 0 saturated carbocycles. The Morgan fingerprint density at radius 2 is 1.85 bits per heavy atom. The van der Waals surface area contributed by atoms with Gasteiger partial charge in [0.1, 0.15) is 6.07 Å². The van der Waals surface area contributed by atoms with Crippen molar-refractivity contribution >= 4 is 44.9 Å². The molecule has 11 heteroatoms. The van der Waals surface area contributed by atoms with E-state index in [0.717, 1.165) is 23.1 Å². The van der Waals surface area contributed by atoms with Crippen LogP contribution in [0.4, 0.5) is 11.6 Å². The Bertz CT molecular complexity index is 1320. The highest BCUT2D eigenvalue weighted by Crippen LogP contribution is 2.38. The van der Waals surface area contributed by atoms with Crippen LogP contribution < -0.4 is 14.8 Å². The van der Waals surface area contributed by atoms with Gasteiger partial charge in [-0.05, 0) is 41.5 Å². The van der Waals surface area contributed by atoms with Crippen LogP contribution in [0.15, 0.2) is 48.7 Å². The molecule has 0 unspecified atom stereocenters. The zero-order valence-corrected chi connectivity index (χ0v) is 21.1. The number of alkyl halides is 1. The lowest BCUT2D eigenvalue weighted by atomic mass is 9.77. The number of nitrogens with zero attached hydrogens (tertiary/aromatic N) is 3. The molecule has 1 heterocycles. The third-order valence-corrected chi connectivity index (χ3v) is 6.10. The Kier molecular flexibility index (Phi) is 7.87. The van der Waals surface area contributed by atoms with Crippen molar-refractivity contribution in [1.29, 1.82) is 5.26 Å². The quantitative estimate of drug-likeness (QED) is 0.386. The van der Waals surface area contributed by atoms with Crippen LogP contribution in [0.5, 0.6) is 5.75 Å². The van der Waals surface area contributed by atoms with Crippen LogP contribution in [0.2, 0.25) is 5.02 Å². The number of hydrogen-bond donors (Lipinski definition) is 2. The zero-order valence-electron chi connectivity index (χ0n) is 18.8. The number of anilines is 2. The molecule has 3 aromatic rings. The second kappa shape index (κ2) is 10.5. The fourth-order valence-electron chi connectivity index (χ4n) is 3.31. The summed E-state index contributed by atoms with van der Waals surface area (Å²) in [7, 11) is -3.45. The van der Waals surface area contributed by atoms with Crippen LogP contribution >= 0.6 is 23.2 Å². The number of aromatic nitrogens is 2. The molecule has 3 rings (SSSR count). The Balaban J connectivity index is 1.76. The third kappa shape index (κ3) is 6.29. The normalized spacial score (nSPS) is 11.5. The van der Waals surface area contributed by atoms with Crippen LogP contribution in [0.3, 0.4) is 0 Å². The number of nitrogens with one attached hydrogen (secondary N) is 2.